The van der Waals surface area contributed by atoms with Gasteiger partial charge in [-0.15, -0.1) is 0 Å². The normalized spacial score (nSPS) is 14.2. The van der Waals surface area contributed by atoms with Crippen LogP contribution in [-0.2, 0) is 13.0 Å². The van der Waals surface area contributed by atoms with Crippen LogP contribution in [0, 0.1) is 9.39 Å². The van der Waals surface area contributed by atoms with Gasteiger partial charge in [0.25, 0.3) is 5.91 Å². The summed E-state index contributed by atoms with van der Waals surface area (Å²) in [6.07, 6.45) is 0.838. The Morgan fingerprint density at radius 2 is 2.05 bits per heavy atom. The average molecular weight is 460 g/mol. The first-order valence-electron chi connectivity index (χ1n) is 6.56. The minimum absolute atomic E-state index is 0.0194. The van der Waals surface area contributed by atoms with Crippen LogP contribution in [0.3, 0.4) is 0 Å². The van der Waals surface area contributed by atoms with Gasteiger partial charge in [-0.2, -0.15) is 0 Å². The number of carbonyl (C=O) groups excluding carboxylic acids is 1. The molecule has 0 atom stereocenters. The molecule has 0 aromatic heterocycles. The Bertz CT molecular complexity index is 719. The monoisotopic (exact) mass is 459 g/mol. The van der Waals surface area contributed by atoms with E-state index in [2.05, 4.69) is 38.5 Å². The molecule has 5 heteroatoms. The minimum atomic E-state index is -0.285. The number of rotatable bonds is 2. The highest BCUT2D eigenvalue weighted by Crippen LogP contribution is 2.25. The molecule has 0 saturated carbocycles. The van der Waals surface area contributed by atoms with E-state index in [4.69, 9.17) is 0 Å². The third kappa shape index (κ3) is 3.13. The molecule has 1 aliphatic rings. The highest BCUT2D eigenvalue weighted by atomic mass is 127. The maximum atomic E-state index is 13.4. The van der Waals surface area contributed by atoms with Gasteiger partial charge in [0.05, 0.1) is 0 Å². The quantitative estimate of drug-likeness (QED) is 0.610. The minimum Gasteiger partial charge on any atom is -0.334 e. The SMILES string of the molecule is O=C1c2cc(I)ccc2CCN1Cc1cc(F)ccc1Br. The number of amides is 1. The number of carbonyl (C=O) groups is 1. The molecule has 0 spiro atoms. The molecule has 0 N–H and O–H groups in total. The fraction of sp³-hybridized carbons (Fsp3) is 0.188. The lowest BCUT2D eigenvalue weighted by Gasteiger charge is -2.29. The molecule has 108 valence electrons. The Hall–Kier alpha value is -0.950. The van der Waals surface area contributed by atoms with Gasteiger partial charge in [-0.05, 0) is 70.5 Å². The van der Waals surface area contributed by atoms with E-state index < -0.39 is 0 Å². The molecule has 1 heterocycles. The standard InChI is InChI=1S/C16H12BrFINO/c17-15-4-2-12(18)7-11(15)9-20-6-5-10-1-3-13(19)8-14(10)16(20)21/h1-4,7-8H,5-6,9H2. The second-order valence-corrected chi connectivity index (χ2v) is 7.11. The van der Waals surface area contributed by atoms with Crippen molar-refractivity contribution in [2.75, 3.05) is 6.54 Å². The van der Waals surface area contributed by atoms with Crippen LogP contribution in [0.5, 0.6) is 0 Å². The van der Waals surface area contributed by atoms with E-state index >= 15 is 0 Å². The van der Waals surface area contributed by atoms with Crippen molar-refractivity contribution in [1.82, 2.24) is 4.90 Å². The van der Waals surface area contributed by atoms with Crippen LogP contribution in [0.1, 0.15) is 21.5 Å². The number of hydrogen-bond donors (Lipinski definition) is 0. The van der Waals surface area contributed by atoms with E-state index in [0.29, 0.717) is 13.1 Å². The summed E-state index contributed by atoms with van der Waals surface area (Å²) in [5.41, 5.74) is 2.65. The van der Waals surface area contributed by atoms with E-state index in [1.54, 1.807) is 11.0 Å². The van der Waals surface area contributed by atoms with E-state index in [0.717, 1.165) is 31.2 Å². The van der Waals surface area contributed by atoms with Gasteiger partial charge in [0.1, 0.15) is 5.82 Å². The first kappa shape index (κ1) is 15.0. The molecule has 0 aliphatic carbocycles. The van der Waals surface area contributed by atoms with Crippen LogP contribution in [-0.4, -0.2) is 17.4 Å². The highest BCUT2D eigenvalue weighted by molar-refractivity contribution is 14.1. The molecule has 0 bridgehead atoms. The smallest absolute Gasteiger partial charge is 0.254 e. The van der Waals surface area contributed by atoms with E-state index in [-0.39, 0.29) is 11.7 Å². The van der Waals surface area contributed by atoms with Crippen molar-refractivity contribution >= 4 is 44.4 Å². The summed E-state index contributed by atoms with van der Waals surface area (Å²) in [7, 11) is 0. The molecular formula is C16H12BrFINO. The molecule has 3 rings (SSSR count). The number of fused-ring (bicyclic) bond motifs is 1. The van der Waals surface area contributed by atoms with Crippen molar-refractivity contribution in [1.29, 1.82) is 0 Å². The van der Waals surface area contributed by atoms with E-state index in [1.807, 2.05) is 18.2 Å². The molecule has 21 heavy (non-hydrogen) atoms. The third-order valence-corrected chi connectivity index (χ3v) is 5.05. The fourth-order valence-corrected chi connectivity index (χ4v) is 3.38. The number of halogens is 3. The van der Waals surface area contributed by atoms with Crippen molar-refractivity contribution < 1.29 is 9.18 Å². The van der Waals surface area contributed by atoms with Crippen LogP contribution in [0.25, 0.3) is 0 Å². The molecule has 1 amide bonds. The predicted molar refractivity (Wildman–Crippen MR) is 91.7 cm³/mol. The lowest BCUT2D eigenvalue weighted by molar-refractivity contribution is 0.0726. The average Bonchev–Trinajstić information content (AvgIpc) is 2.46. The first-order valence-corrected chi connectivity index (χ1v) is 8.43. The Kier molecular flexibility index (Phi) is 4.31. The Balaban J connectivity index is 1.88. The zero-order chi connectivity index (χ0) is 15.0. The Morgan fingerprint density at radius 1 is 1.24 bits per heavy atom. The van der Waals surface area contributed by atoms with Crippen LogP contribution < -0.4 is 0 Å². The Labute approximate surface area is 144 Å². The molecule has 0 radical (unpaired) electrons. The van der Waals surface area contributed by atoms with Gasteiger partial charge in [0.2, 0.25) is 0 Å². The van der Waals surface area contributed by atoms with Gasteiger partial charge in [-0.25, -0.2) is 4.39 Å². The summed E-state index contributed by atoms with van der Waals surface area (Å²) in [5.74, 6) is -0.265. The van der Waals surface area contributed by atoms with Gasteiger partial charge in [-0.1, -0.05) is 22.0 Å². The van der Waals surface area contributed by atoms with Gasteiger partial charge in [-0.3, -0.25) is 4.79 Å². The van der Waals surface area contributed by atoms with Crippen LogP contribution in [0.15, 0.2) is 40.9 Å². The second kappa shape index (κ2) is 6.04. The summed E-state index contributed by atoms with van der Waals surface area (Å²) < 4.78 is 15.2. The summed E-state index contributed by atoms with van der Waals surface area (Å²) in [5, 5.41) is 0. The lowest BCUT2D eigenvalue weighted by Crippen LogP contribution is -2.37. The fourth-order valence-electron chi connectivity index (χ4n) is 2.51. The number of nitrogens with zero attached hydrogens (tertiary/aromatic N) is 1. The molecule has 2 aromatic rings. The molecule has 0 saturated heterocycles. The third-order valence-electron chi connectivity index (χ3n) is 3.61. The van der Waals surface area contributed by atoms with Crippen molar-refractivity contribution in [2.24, 2.45) is 0 Å². The van der Waals surface area contributed by atoms with Gasteiger partial charge in [0.15, 0.2) is 0 Å². The van der Waals surface area contributed by atoms with Gasteiger partial charge in [0, 0.05) is 26.7 Å². The largest absolute Gasteiger partial charge is 0.334 e. The topological polar surface area (TPSA) is 20.3 Å². The van der Waals surface area contributed by atoms with Crippen molar-refractivity contribution in [2.45, 2.75) is 13.0 Å². The van der Waals surface area contributed by atoms with Crippen LogP contribution in [0.4, 0.5) is 4.39 Å². The predicted octanol–water partition coefficient (Wildman–Crippen LogP) is 4.39. The van der Waals surface area contributed by atoms with Crippen molar-refractivity contribution in [3.05, 3.63) is 66.9 Å². The number of benzene rings is 2. The maximum absolute atomic E-state index is 13.4. The highest BCUT2D eigenvalue weighted by Gasteiger charge is 2.25. The van der Waals surface area contributed by atoms with Crippen LogP contribution >= 0.6 is 38.5 Å². The molecule has 0 fully saturated rings. The second-order valence-electron chi connectivity index (χ2n) is 5.01. The zero-order valence-electron chi connectivity index (χ0n) is 11.1. The number of hydrogen-bond acceptors (Lipinski definition) is 1. The summed E-state index contributed by atoms with van der Waals surface area (Å²) in [4.78, 5) is 14.4. The molecule has 2 aromatic carbocycles. The first-order chi connectivity index (χ1) is 10.0. The lowest BCUT2D eigenvalue weighted by atomic mass is 9.98. The molecule has 2 nitrogen and oxygen atoms in total. The molecular weight excluding hydrogens is 448 g/mol. The van der Waals surface area contributed by atoms with Crippen LogP contribution in [0.2, 0.25) is 0 Å². The van der Waals surface area contributed by atoms with E-state index in [1.165, 1.54) is 12.1 Å². The Morgan fingerprint density at radius 3 is 2.86 bits per heavy atom. The summed E-state index contributed by atoms with van der Waals surface area (Å²) >= 11 is 5.62. The maximum Gasteiger partial charge on any atom is 0.254 e. The van der Waals surface area contributed by atoms with Crippen molar-refractivity contribution in [3.8, 4) is 0 Å². The molecule has 0 unspecified atom stereocenters. The zero-order valence-corrected chi connectivity index (χ0v) is 14.8. The van der Waals surface area contributed by atoms with Gasteiger partial charge < -0.3 is 4.90 Å². The summed E-state index contributed by atoms with van der Waals surface area (Å²) in [6.45, 7) is 1.08. The summed E-state index contributed by atoms with van der Waals surface area (Å²) in [6, 6.07) is 10.5. The van der Waals surface area contributed by atoms with Crippen molar-refractivity contribution in [3.63, 3.8) is 0 Å². The van der Waals surface area contributed by atoms with Gasteiger partial charge >= 0.3 is 0 Å². The van der Waals surface area contributed by atoms with E-state index in [9.17, 15) is 9.18 Å². The molecule has 1 aliphatic heterocycles.